The molecule has 2 unspecified atom stereocenters. The Bertz CT molecular complexity index is 217. The van der Waals surface area contributed by atoms with Crippen molar-refractivity contribution in [2.75, 3.05) is 25.9 Å². The highest BCUT2D eigenvalue weighted by Crippen LogP contribution is 2.17. The lowest BCUT2D eigenvalue weighted by Gasteiger charge is -2.26. The Balaban J connectivity index is 2.30. The van der Waals surface area contributed by atoms with Gasteiger partial charge in [-0.05, 0) is 32.1 Å². The first-order chi connectivity index (χ1) is 7.66. The van der Waals surface area contributed by atoms with Gasteiger partial charge in [-0.2, -0.15) is 0 Å². The summed E-state index contributed by atoms with van der Waals surface area (Å²) in [5.41, 5.74) is 0. The van der Waals surface area contributed by atoms with Crippen LogP contribution in [0.15, 0.2) is 0 Å². The predicted molar refractivity (Wildman–Crippen MR) is 70.9 cm³/mol. The van der Waals surface area contributed by atoms with E-state index in [1.807, 2.05) is 18.9 Å². The second-order valence-corrected chi connectivity index (χ2v) is 5.91. The Hall–Kier alpha value is -0.220. The molecule has 0 aromatic heterocycles. The van der Waals surface area contributed by atoms with Gasteiger partial charge in [0.05, 0.1) is 5.25 Å². The number of thioether (sulfide) groups is 1. The SMILES string of the molecule is CCCCSC(C)C(=O)N(C)C1CCNC1. The highest BCUT2D eigenvalue weighted by Gasteiger charge is 2.26. The van der Waals surface area contributed by atoms with Gasteiger partial charge in [-0.1, -0.05) is 13.3 Å². The van der Waals surface area contributed by atoms with Gasteiger partial charge in [0.25, 0.3) is 0 Å². The van der Waals surface area contributed by atoms with Gasteiger partial charge >= 0.3 is 0 Å². The highest BCUT2D eigenvalue weighted by molar-refractivity contribution is 8.00. The number of amides is 1. The molecule has 4 heteroatoms. The van der Waals surface area contributed by atoms with Crippen LogP contribution in [0.25, 0.3) is 0 Å². The maximum atomic E-state index is 12.1. The standard InChI is InChI=1S/C12H24N2OS/c1-4-5-8-16-10(2)12(15)14(3)11-6-7-13-9-11/h10-11,13H,4-9H2,1-3H3. The molecule has 3 nitrogen and oxygen atoms in total. The number of unbranched alkanes of at least 4 members (excludes halogenated alkanes) is 1. The number of nitrogens with one attached hydrogen (secondary N) is 1. The van der Waals surface area contributed by atoms with Crippen LogP contribution in [0.1, 0.15) is 33.1 Å². The summed E-state index contributed by atoms with van der Waals surface area (Å²) in [5.74, 6) is 1.38. The van der Waals surface area contributed by atoms with Gasteiger partial charge in [0.1, 0.15) is 0 Å². The highest BCUT2D eigenvalue weighted by atomic mass is 32.2. The number of hydrogen-bond donors (Lipinski definition) is 1. The summed E-state index contributed by atoms with van der Waals surface area (Å²) in [4.78, 5) is 14.0. The fraction of sp³-hybridized carbons (Fsp3) is 0.917. The summed E-state index contributed by atoms with van der Waals surface area (Å²) >= 11 is 1.78. The summed E-state index contributed by atoms with van der Waals surface area (Å²) in [5, 5.41) is 3.41. The summed E-state index contributed by atoms with van der Waals surface area (Å²) in [6.07, 6.45) is 3.50. The molecule has 0 aromatic carbocycles. The summed E-state index contributed by atoms with van der Waals surface area (Å²) in [6, 6.07) is 0.404. The van der Waals surface area contributed by atoms with Crippen molar-refractivity contribution >= 4 is 17.7 Å². The Labute approximate surface area is 103 Å². The van der Waals surface area contributed by atoms with Gasteiger partial charge in [-0.15, -0.1) is 11.8 Å². The van der Waals surface area contributed by atoms with E-state index in [0.29, 0.717) is 6.04 Å². The van der Waals surface area contributed by atoms with E-state index >= 15 is 0 Å². The van der Waals surface area contributed by atoms with E-state index in [4.69, 9.17) is 0 Å². The minimum Gasteiger partial charge on any atom is -0.340 e. The molecular weight excluding hydrogens is 220 g/mol. The smallest absolute Gasteiger partial charge is 0.235 e. The third-order valence-electron chi connectivity index (χ3n) is 3.14. The van der Waals surface area contributed by atoms with E-state index in [2.05, 4.69) is 12.2 Å². The van der Waals surface area contributed by atoms with Gasteiger partial charge in [-0.25, -0.2) is 0 Å². The van der Waals surface area contributed by atoms with Crippen LogP contribution in [0.4, 0.5) is 0 Å². The zero-order valence-corrected chi connectivity index (χ0v) is 11.5. The molecule has 1 rings (SSSR count). The van der Waals surface area contributed by atoms with E-state index in [0.717, 1.165) is 25.3 Å². The fourth-order valence-corrected chi connectivity index (χ4v) is 3.03. The number of rotatable bonds is 6. The predicted octanol–water partition coefficient (Wildman–Crippen LogP) is 1.73. The van der Waals surface area contributed by atoms with E-state index in [9.17, 15) is 4.79 Å². The van der Waals surface area contributed by atoms with Crippen LogP contribution in [0.5, 0.6) is 0 Å². The van der Waals surface area contributed by atoms with Gasteiger partial charge in [0.2, 0.25) is 5.91 Å². The van der Waals surface area contributed by atoms with Crippen LogP contribution in [-0.4, -0.2) is 48.0 Å². The van der Waals surface area contributed by atoms with Crippen molar-refractivity contribution in [2.45, 2.75) is 44.4 Å². The molecule has 2 atom stereocenters. The van der Waals surface area contributed by atoms with Crippen LogP contribution >= 0.6 is 11.8 Å². The first kappa shape index (κ1) is 13.8. The number of hydrogen-bond acceptors (Lipinski definition) is 3. The molecule has 0 radical (unpaired) electrons. The number of nitrogens with zero attached hydrogens (tertiary/aromatic N) is 1. The fourth-order valence-electron chi connectivity index (χ4n) is 1.91. The van der Waals surface area contributed by atoms with Crippen LogP contribution in [0.2, 0.25) is 0 Å². The average molecular weight is 244 g/mol. The molecule has 1 heterocycles. The van der Waals surface area contributed by atoms with Gasteiger partial charge in [-0.3, -0.25) is 4.79 Å². The zero-order valence-electron chi connectivity index (χ0n) is 10.7. The van der Waals surface area contributed by atoms with Gasteiger partial charge in [0, 0.05) is 19.6 Å². The second-order valence-electron chi connectivity index (χ2n) is 4.46. The summed E-state index contributed by atoms with van der Waals surface area (Å²) in [7, 11) is 1.94. The average Bonchev–Trinajstić information content (AvgIpc) is 2.80. The molecule has 1 aliphatic heterocycles. The second kappa shape index (κ2) is 7.17. The van der Waals surface area contributed by atoms with Gasteiger partial charge in [0.15, 0.2) is 0 Å². The Morgan fingerprint density at radius 3 is 2.94 bits per heavy atom. The Morgan fingerprint density at radius 1 is 1.62 bits per heavy atom. The molecule has 0 aromatic rings. The lowest BCUT2D eigenvalue weighted by atomic mass is 10.2. The molecule has 0 spiro atoms. The molecule has 1 amide bonds. The van der Waals surface area contributed by atoms with E-state index in [-0.39, 0.29) is 11.2 Å². The summed E-state index contributed by atoms with van der Waals surface area (Å²) in [6.45, 7) is 6.21. The van der Waals surface area contributed by atoms with E-state index < -0.39 is 0 Å². The maximum absolute atomic E-state index is 12.1. The monoisotopic (exact) mass is 244 g/mol. The Kier molecular flexibility index (Phi) is 6.21. The molecule has 1 aliphatic rings. The van der Waals surface area contributed by atoms with Crippen molar-refractivity contribution in [3.63, 3.8) is 0 Å². The maximum Gasteiger partial charge on any atom is 0.235 e. The lowest BCUT2D eigenvalue weighted by Crippen LogP contribution is -2.42. The van der Waals surface area contributed by atoms with Crippen LogP contribution in [0, 0.1) is 0 Å². The Morgan fingerprint density at radius 2 is 2.38 bits per heavy atom. The van der Waals surface area contributed by atoms with E-state index in [1.165, 1.54) is 12.8 Å². The van der Waals surface area contributed by atoms with Crippen molar-refractivity contribution in [2.24, 2.45) is 0 Å². The molecule has 0 aliphatic carbocycles. The number of likely N-dealkylation sites (N-methyl/N-ethyl adjacent to an activating group) is 1. The third-order valence-corrected chi connectivity index (χ3v) is 4.37. The minimum atomic E-state index is 0.108. The van der Waals surface area contributed by atoms with E-state index in [1.54, 1.807) is 11.8 Å². The summed E-state index contributed by atoms with van der Waals surface area (Å²) < 4.78 is 0. The first-order valence-electron chi connectivity index (χ1n) is 6.25. The van der Waals surface area contributed by atoms with Crippen LogP contribution < -0.4 is 5.32 Å². The largest absolute Gasteiger partial charge is 0.340 e. The molecule has 1 N–H and O–H groups in total. The molecular formula is C12H24N2OS. The number of carbonyl (C=O) groups excluding carboxylic acids is 1. The normalized spacial score (nSPS) is 22.1. The topological polar surface area (TPSA) is 32.3 Å². The number of carbonyl (C=O) groups is 1. The molecule has 16 heavy (non-hydrogen) atoms. The third kappa shape index (κ3) is 3.98. The molecule has 1 fully saturated rings. The molecule has 0 saturated carbocycles. The molecule has 1 saturated heterocycles. The van der Waals surface area contributed by atoms with Crippen LogP contribution in [0.3, 0.4) is 0 Å². The molecule has 0 bridgehead atoms. The quantitative estimate of drug-likeness (QED) is 0.722. The van der Waals surface area contributed by atoms with Crippen LogP contribution in [-0.2, 0) is 4.79 Å². The van der Waals surface area contributed by atoms with Crippen molar-refractivity contribution in [3.05, 3.63) is 0 Å². The van der Waals surface area contributed by atoms with Crippen molar-refractivity contribution in [1.82, 2.24) is 10.2 Å². The van der Waals surface area contributed by atoms with Crippen molar-refractivity contribution in [3.8, 4) is 0 Å². The minimum absolute atomic E-state index is 0.108. The first-order valence-corrected chi connectivity index (χ1v) is 7.30. The van der Waals surface area contributed by atoms with Crippen molar-refractivity contribution in [1.29, 1.82) is 0 Å². The lowest BCUT2D eigenvalue weighted by molar-refractivity contribution is -0.130. The van der Waals surface area contributed by atoms with Gasteiger partial charge < -0.3 is 10.2 Å². The zero-order chi connectivity index (χ0) is 12.0. The van der Waals surface area contributed by atoms with Crippen molar-refractivity contribution < 1.29 is 4.79 Å². The molecule has 94 valence electrons.